The third-order valence-corrected chi connectivity index (χ3v) is 6.96. The van der Waals surface area contributed by atoms with Gasteiger partial charge in [-0.25, -0.2) is 0 Å². The minimum atomic E-state index is -0.340. The number of benzene rings is 4. The van der Waals surface area contributed by atoms with Crippen LogP contribution in [0.5, 0.6) is 11.5 Å². The largest absolute Gasteiger partial charge is 0.504 e. The van der Waals surface area contributed by atoms with E-state index in [-0.39, 0.29) is 17.6 Å². The maximum absolute atomic E-state index is 13.2. The van der Waals surface area contributed by atoms with Crippen molar-refractivity contribution in [1.29, 1.82) is 0 Å². The Hall–Kier alpha value is -5.21. The van der Waals surface area contributed by atoms with E-state index >= 15 is 0 Å². The van der Waals surface area contributed by atoms with E-state index in [1.807, 2.05) is 67.7 Å². The van der Waals surface area contributed by atoms with Gasteiger partial charge in [0.05, 0.1) is 29.4 Å². The SMILES string of the molecule is COc1cc(CN(C)CCc2ccc(NC(=O)c3ccccc3NC(=O)c3cnc4ccccc4c3)cc2)ccc1O. The number of likely N-dealkylation sites (N-methyl/N-ethyl adjacent to an activating group) is 1. The molecule has 0 fully saturated rings. The number of pyridine rings is 1. The highest BCUT2D eigenvalue weighted by molar-refractivity contribution is 6.13. The Balaban J connectivity index is 1.17. The molecule has 0 aliphatic carbocycles. The van der Waals surface area contributed by atoms with Crippen molar-refractivity contribution in [1.82, 2.24) is 9.88 Å². The number of nitrogens with zero attached hydrogens (tertiary/aromatic N) is 2. The van der Waals surface area contributed by atoms with Crippen molar-refractivity contribution in [2.24, 2.45) is 0 Å². The van der Waals surface area contributed by atoms with E-state index in [0.29, 0.717) is 28.3 Å². The topological polar surface area (TPSA) is 104 Å². The van der Waals surface area contributed by atoms with Crippen LogP contribution in [0.4, 0.5) is 11.4 Å². The molecule has 0 atom stereocenters. The molecule has 1 aromatic heterocycles. The standard InChI is InChI=1S/C34H32N4O4/c1-38(22-24-13-16-31(39)32(19-24)42-2)18-17-23-11-14-27(15-12-23)36-34(41)28-8-4-6-10-30(28)37-33(40)26-20-25-7-3-5-9-29(25)35-21-26/h3-16,19-21,39H,17-18,22H2,1-2H3,(H,36,41)(H,37,40). The fourth-order valence-electron chi connectivity index (χ4n) is 4.66. The Labute approximate surface area is 244 Å². The smallest absolute Gasteiger partial charge is 0.257 e. The molecule has 0 unspecified atom stereocenters. The van der Waals surface area contributed by atoms with Crippen molar-refractivity contribution < 1.29 is 19.4 Å². The number of aromatic nitrogens is 1. The summed E-state index contributed by atoms with van der Waals surface area (Å²) in [4.78, 5) is 32.7. The predicted octanol–water partition coefficient (Wildman–Crippen LogP) is 6.13. The van der Waals surface area contributed by atoms with Gasteiger partial charge >= 0.3 is 0 Å². The lowest BCUT2D eigenvalue weighted by molar-refractivity contribution is 0.102. The fourth-order valence-corrected chi connectivity index (χ4v) is 4.66. The highest BCUT2D eigenvalue weighted by atomic mass is 16.5. The normalized spacial score (nSPS) is 10.9. The molecule has 4 aromatic carbocycles. The van der Waals surface area contributed by atoms with E-state index in [1.54, 1.807) is 36.4 Å². The van der Waals surface area contributed by atoms with Gasteiger partial charge in [0.1, 0.15) is 0 Å². The first-order valence-corrected chi connectivity index (χ1v) is 13.6. The molecule has 212 valence electrons. The number of methoxy groups -OCH3 is 1. The van der Waals surface area contributed by atoms with Crippen LogP contribution in [0.3, 0.4) is 0 Å². The van der Waals surface area contributed by atoms with Gasteiger partial charge in [0, 0.05) is 30.4 Å². The van der Waals surface area contributed by atoms with E-state index in [1.165, 1.54) is 13.3 Å². The van der Waals surface area contributed by atoms with Gasteiger partial charge in [-0.2, -0.15) is 0 Å². The molecular formula is C34H32N4O4. The van der Waals surface area contributed by atoms with E-state index in [2.05, 4.69) is 20.5 Å². The Morgan fingerprint density at radius 2 is 1.60 bits per heavy atom. The molecule has 0 saturated carbocycles. The number of amides is 2. The number of rotatable bonds is 10. The van der Waals surface area contributed by atoms with E-state index in [0.717, 1.165) is 41.5 Å². The molecule has 0 saturated heterocycles. The first-order chi connectivity index (χ1) is 20.4. The van der Waals surface area contributed by atoms with Crippen molar-refractivity contribution in [2.45, 2.75) is 13.0 Å². The third kappa shape index (κ3) is 6.92. The Morgan fingerprint density at radius 1 is 0.857 bits per heavy atom. The summed E-state index contributed by atoms with van der Waals surface area (Å²) in [6.07, 6.45) is 2.36. The number of fused-ring (bicyclic) bond motifs is 1. The number of carbonyl (C=O) groups is 2. The van der Waals surface area contributed by atoms with Gasteiger partial charge in [-0.1, -0.05) is 48.5 Å². The van der Waals surface area contributed by atoms with Gasteiger partial charge in [0.25, 0.3) is 11.8 Å². The maximum atomic E-state index is 13.2. The quantitative estimate of drug-likeness (QED) is 0.190. The molecule has 0 aliphatic rings. The van der Waals surface area contributed by atoms with Crippen LogP contribution in [-0.4, -0.2) is 47.5 Å². The molecule has 0 aliphatic heterocycles. The van der Waals surface area contributed by atoms with Gasteiger partial charge in [-0.3, -0.25) is 14.6 Å². The number of aromatic hydroxyl groups is 1. The van der Waals surface area contributed by atoms with Gasteiger partial charge in [-0.15, -0.1) is 0 Å². The van der Waals surface area contributed by atoms with Gasteiger partial charge in [0.15, 0.2) is 11.5 Å². The summed E-state index contributed by atoms with van der Waals surface area (Å²) >= 11 is 0. The molecule has 2 amide bonds. The van der Waals surface area contributed by atoms with Crippen LogP contribution < -0.4 is 15.4 Å². The number of ether oxygens (including phenoxy) is 1. The summed E-state index contributed by atoms with van der Waals surface area (Å²) < 4.78 is 5.20. The van der Waals surface area contributed by atoms with Gasteiger partial charge < -0.3 is 25.4 Å². The summed E-state index contributed by atoms with van der Waals surface area (Å²) in [5, 5.41) is 16.5. The van der Waals surface area contributed by atoms with Gasteiger partial charge in [-0.05, 0) is 73.1 Å². The van der Waals surface area contributed by atoms with Crippen LogP contribution in [0.25, 0.3) is 10.9 Å². The zero-order valence-corrected chi connectivity index (χ0v) is 23.5. The molecule has 1 heterocycles. The second kappa shape index (κ2) is 13.0. The zero-order chi connectivity index (χ0) is 29.5. The average Bonchev–Trinajstić information content (AvgIpc) is 3.01. The van der Waals surface area contributed by atoms with Crippen LogP contribution in [0.2, 0.25) is 0 Å². The van der Waals surface area contributed by atoms with Crippen molar-refractivity contribution in [3.63, 3.8) is 0 Å². The molecule has 8 nitrogen and oxygen atoms in total. The Kier molecular flexibility index (Phi) is 8.75. The molecular weight excluding hydrogens is 528 g/mol. The van der Waals surface area contributed by atoms with E-state index < -0.39 is 0 Å². The molecule has 0 bridgehead atoms. The van der Waals surface area contributed by atoms with Crippen LogP contribution >= 0.6 is 0 Å². The van der Waals surface area contributed by atoms with Gasteiger partial charge in [0.2, 0.25) is 0 Å². The van der Waals surface area contributed by atoms with Crippen LogP contribution in [0, 0.1) is 0 Å². The summed E-state index contributed by atoms with van der Waals surface area (Å²) in [5.74, 6) is -0.0691. The van der Waals surface area contributed by atoms with Crippen LogP contribution in [-0.2, 0) is 13.0 Å². The first kappa shape index (κ1) is 28.3. The number of anilines is 2. The van der Waals surface area contributed by atoms with Crippen molar-refractivity contribution in [3.8, 4) is 11.5 Å². The molecule has 8 heteroatoms. The summed E-state index contributed by atoms with van der Waals surface area (Å²) in [6.45, 7) is 1.55. The fraction of sp³-hybridized carbons (Fsp3) is 0.147. The zero-order valence-electron chi connectivity index (χ0n) is 23.5. The van der Waals surface area contributed by atoms with Crippen molar-refractivity contribution in [2.75, 3.05) is 31.3 Å². The third-order valence-electron chi connectivity index (χ3n) is 6.96. The van der Waals surface area contributed by atoms with Crippen molar-refractivity contribution >= 4 is 34.1 Å². The predicted molar refractivity (Wildman–Crippen MR) is 165 cm³/mol. The number of phenolic OH excluding ortho intramolecular Hbond substituents is 1. The monoisotopic (exact) mass is 560 g/mol. The van der Waals surface area contributed by atoms with Crippen molar-refractivity contribution in [3.05, 3.63) is 126 Å². The minimum Gasteiger partial charge on any atom is -0.504 e. The number of carbonyl (C=O) groups excluding carboxylic acids is 2. The van der Waals surface area contributed by atoms with Crippen LogP contribution in [0.1, 0.15) is 31.8 Å². The maximum Gasteiger partial charge on any atom is 0.257 e. The number of para-hydroxylation sites is 2. The molecule has 0 spiro atoms. The Morgan fingerprint density at radius 3 is 2.40 bits per heavy atom. The molecule has 0 radical (unpaired) electrons. The van der Waals surface area contributed by atoms with E-state index in [4.69, 9.17) is 4.74 Å². The molecule has 5 aromatic rings. The summed E-state index contributed by atoms with van der Waals surface area (Å²) in [6, 6.07) is 29.4. The number of hydrogen-bond acceptors (Lipinski definition) is 6. The minimum absolute atomic E-state index is 0.128. The summed E-state index contributed by atoms with van der Waals surface area (Å²) in [5.41, 5.74) is 4.84. The highest BCUT2D eigenvalue weighted by Gasteiger charge is 2.15. The molecule has 42 heavy (non-hydrogen) atoms. The molecule has 5 rings (SSSR count). The second-order valence-corrected chi connectivity index (χ2v) is 10.1. The average molecular weight is 561 g/mol. The highest BCUT2D eigenvalue weighted by Crippen LogP contribution is 2.27. The number of hydrogen-bond donors (Lipinski definition) is 3. The lowest BCUT2D eigenvalue weighted by atomic mass is 10.1. The number of phenols is 1. The van der Waals surface area contributed by atoms with E-state index in [9.17, 15) is 14.7 Å². The second-order valence-electron chi connectivity index (χ2n) is 10.1. The number of nitrogens with one attached hydrogen (secondary N) is 2. The first-order valence-electron chi connectivity index (χ1n) is 13.6. The lowest BCUT2D eigenvalue weighted by Gasteiger charge is -2.17. The molecule has 3 N–H and O–H groups in total. The van der Waals surface area contributed by atoms with Crippen LogP contribution in [0.15, 0.2) is 103 Å². The summed E-state index contributed by atoms with van der Waals surface area (Å²) in [7, 11) is 3.58. The Bertz CT molecular complexity index is 1720. The lowest BCUT2D eigenvalue weighted by Crippen LogP contribution is -2.20.